The predicted octanol–water partition coefficient (Wildman–Crippen LogP) is 0.439. The van der Waals surface area contributed by atoms with Gasteiger partial charge >= 0.3 is 11.8 Å². The van der Waals surface area contributed by atoms with Gasteiger partial charge in [-0.3, -0.25) is 14.5 Å². The molecule has 0 aromatic heterocycles. The number of nitrogens with one attached hydrogen (secondary N) is 2. The number of halogens is 1. The third-order valence-corrected chi connectivity index (χ3v) is 5.52. The molecule has 28 heavy (non-hydrogen) atoms. The zero-order chi connectivity index (χ0) is 19.8. The molecular formula is C20H28FN3O4. The Morgan fingerprint density at radius 1 is 0.964 bits per heavy atom. The fraction of sp³-hybridized carbons (Fsp3) is 0.600. The second kappa shape index (κ2) is 9.95. The summed E-state index contributed by atoms with van der Waals surface area (Å²) in [6.07, 6.45) is 1.41. The van der Waals surface area contributed by atoms with Gasteiger partial charge in [-0.2, -0.15) is 0 Å². The summed E-state index contributed by atoms with van der Waals surface area (Å²) in [6.45, 7) is 5.64. The van der Waals surface area contributed by atoms with E-state index in [9.17, 15) is 14.0 Å². The van der Waals surface area contributed by atoms with Gasteiger partial charge in [-0.25, -0.2) is 4.39 Å². The molecular weight excluding hydrogens is 365 g/mol. The van der Waals surface area contributed by atoms with Crippen LogP contribution in [0.1, 0.15) is 18.4 Å². The molecule has 0 saturated carbocycles. The predicted molar refractivity (Wildman–Crippen MR) is 101 cm³/mol. The Balaban J connectivity index is 1.50. The Bertz CT molecular complexity index is 656. The van der Waals surface area contributed by atoms with Gasteiger partial charge in [0.1, 0.15) is 5.82 Å². The third-order valence-electron chi connectivity index (χ3n) is 5.52. The highest BCUT2D eigenvalue weighted by Gasteiger charge is 2.35. The zero-order valence-electron chi connectivity index (χ0n) is 16.0. The smallest absolute Gasteiger partial charge is 0.309 e. The van der Waals surface area contributed by atoms with Crippen LogP contribution >= 0.6 is 0 Å². The molecule has 0 spiro atoms. The quantitative estimate of drug-likeness (QED) is 0.686. The molecule has 2 heterocycles. The van der Waals surface area contributed by atoms with Crippen LogP contribution in [0.2, 0.25) is 0 Å². The van der Waals surface area contributed by atoms with E-state index in [4.69, 9.17) is 9.47 Å². The van der Waals surface area contributed by atoms with Crippen molar-refractivity contribution in [2.24, 2.45) is 0 Å². The standard InChI is InChI=1S/C20H28FN3O4/c21-17-3-1-16(2-4-17)20(5-11-27-12-6-20)15-23-19(26)18(25)22-7-8-24-9-13-28-14-10-24/h1-4H,5-15H2,(H,22,25)(H,23,26). The minimum absolute atomic E-state index is 0.297. The average Bonchev–Trinajstić information content (AvgIpc) is 2.74. The van der Waals surface area contributed by atoms with Crippen LogP contribution < -0.4 is 10.6 Å². The van der Waals surface area contributed by atoms with Crippen LogP contribution in [0.15, 0.2) is 24.3 Å². The highest BCUT2D eigenvalue weighted by molar-refractivity contribution is 6.35. The summed E-state index contributed by atoms with van der Waals surface area (Å²) in [5, 5.41) is 5.43. The summed E-state index contributed by atoms with van der Waals surface area (Å²) in [5.74, 6) is -1.57. The molecule has 154 valence electrons. The molecule has 2 fully saturated rings. The van der Waals surface area contributed by atoms with E-state index >= 15 is 0 Å². The van der Waals surface area contributed by atoms with E-state index < -0.39 is 11.8 Å². The maximum atomic E-state index is 13.3. The molecule has 8 heteroatoms. The second-order valence-corrected chi connectivity index (χ2v) is 7.29. The lowest BCUT2D eigenvalue weighted by atomic mass is 9.74. The minimum atomic E-state index is -0.644. The summed E-state index contributed by atoms with van der Waals surface area (Å²) < 4.78 is 24.0. The first-order chi connectivity index (χ1) is 13.6. The molecule has 0 radical (unpaired) electrons. The zero-order valence-corrected chi connectivity index (χ0v) is 16.0. The van der Waals surface area contributed by atoms with Crippen LogP contribution in [-0.2, 0) is 24.5 Å². The fourth-order valence-electron chi connectivity index (χ4n) is 3.70. The van der Waals surface area contributed by atoms with Crippen LogP contribution in [0.25, 0.3) is 0 Å². The lowest BCUT2D eigenvalue weighted by Crippen LogP contribution is -2.49. The van der Waals surface area contributed by atoms with Crippen molar-refractivity contribution < 1.29 is 23.5 Å². The van der Waals surface area contributed by atoms with E-state index in [0.717, 1.165) is 18.7 Å². The highest BCUT2D eigenvalue weighted by Crippen LogP contribution is 2.34. The molecule has 0 aliphatic carbocycles. The van der Waals surface area contributed by atoms with Crippen LogP contribution in [0.3, 0.4) is 0 Å². The lowest BCUT2D eigenvalue weighted by Gasteiger charge is -2.37. The SMILES string of the molecule is O=C(NCCN1CCOCC1)C(=O)NCC1(c2ccc(F)cc2)CCOCC1. The topological polar surface area (TPSA) is 79.9 Å². The van der Waals surface area contributed by atoms with E-state index in [0.29, 0.717) is 58.9 Å². The Morgan fingerprint density at radius 2 is 1.57 bits per heavy atom. The maximum Gasteiger partial charge on any atom is 0.309 e. The van der Waals surface area contributed by atoms with Gasteiger partial charge in [0.05, 0.1) is 13.2 Å². The van der Waals surface area contributed by atoms with Gasteiger partial charge < -0.3 is 20.1 Å². The van der Waals surface area contributed by atoms with Crippen LogP contribution in [0, 0.1) is 5.82 Å². The van der Waals surface area contributed by atoms with Crippen molar-refractivity contribution in [1.82, 2.24) is 15.5 Å². The number of morpholine rings is 1. The van der Waals surface area contributed by atoms with E-state index in [1.165, 1.54) is 12.1 Å². The molecule has 0 unspecified atom stereocenters. The maximum absolute atomic E-state index is 13.3. The number of amides is 2. The molecule has 0 atom stereocenters. The first-order valence-electron chi connectivity index (χ1n) is 9.79. The molecule has 0 bridgehead atoms. The summed E-state index contributed by atoms with van der Waals surface area (Å²) in [5.41, 5.74) is 0.598. The number of hydrogen-bond acceptors (Lipinski definition) is 5. The Labute approximate surface area is 164 Å². The van der Waals surface area contributed by atoms with Gasteiger partial charge in [0.2, 0.25) is 0 Å². The van der Waals surface area contributed by atoms with Crippen molar-refractivity contribution in [1.29, 1.82) is 0 Å². The number of carbonyl (C=O) groups excluding carboxylic acids is 2. The van der Waals surface area contributed by atoms with Crippen molar-refractivity contribution in [2.45, 2.75) is 18.3 Å². The van der Waals surface area contributed by atoms with Gasteiger partial charge in [-0.15, -0.1) is 0 Å². The van der Waals surface area contributed by atoms with E-state index in [1.54, 1.807) is 12.1 Å². The summed E-state index contributed by atoms with van der Waals surface area (Å²) >= 11 is 0. The molecule has 2 aliphatic rings. The lowest BCUT2D eigenvalue weighted by molar-refractivity contribution is -0.139. The minimum Gasteiger partial charge on any atom is -0.381 e. The van der Waals surface area contributed by atoms with Crippen molar-refractivity contribution in [3.8, 4) is 0 Å². The van der Waals surface area contributed by atoms with Crippen molar-refractivity contribution in [2.75, 3.05) is 59.2 Å². The molecule has 1 aromatic rings. The van der Waals surface area contributed by atoms with Gasteiger partial charge in [0, 0.05) is 51.4 Å². The van der Waals surface area contributed by atoms with E-state index in [2.05, 4.69) is 15.5 Å². The van der Waals surface area contributed by atoms with Gasteiger partial charge in [-0.05, 0) is 30.5 Å². The van der Waals surface area contributed by atoms with Gasteiger partial charge in [0.15, 0.2) is 0 Å². The Kier molecular flexibility index (Phi) is 7.36. The Morgan fingerprint density at radius 3 is 2.25 bits per heavy atom. The molecule has 1 aromatic carbocycles. The molecule has 2 amide bonds. The van der Waals surface area contributed by atoms with E-state index in [-0.39, 0.29) is 11.2 Å². The van der Waals surface area contributed by atoms with Crippen LogP contribution in [0.5, 0.6) is 0 Å². The summed E-state index contributed by atoms with van der Waals surface area (Å²) in [4.78, 5) is 26.5. The first-order valence-corrected chi connectivity index (χ1v) is 9.79. The van der Waals surface area contributed by atoms with Gasteiger partial charge in [0.25, 0.3) is 0 Å². The average molecular weight is 393 g/mol. The second-order valence-electron chi connectivity index (χ2n) is 7.29. The molecule has 3 rings (SSSR count). The normalized spacial score (nSPS) is 19.8. The summed E-state index contributed by atoms with van der Waals surface area (Å²) in [6, 6.07) is 6.34. The number of hydrogen-bond donors (Lipinski definition) is 2. The number of carbonyl (C=O) groups is 2. The summed E-state index contributed by atoms with van der Waals surface area (Å²) in [7, 11) is 0. The van der Waals surface area contributed by atoms with Crippen LogP contribution in [-0.4, -0.2) is 75.9 Å². The first kappa shape index (κ1) is 20.7. The van der Waals surface area contributed by atoms with Gasteiger partial charge in [-0.1, -0.05) is 12.1 Å². The highest BCUT2D eigenvalue weighted by atomic mass is 19.1. The Hall–Kier alpha value is -2.03. The van der Waals surface area contributed by atoms with Crippen molar-refractivity contribution in [3.05, 3.63) is 35.6 Å². The largest absolute Gasteiger partial charge is 0.381 e. The molecule has 2 N–H and O–H groups in total. The molecule has 7 nitrogen and oxygen atoms in total. The number of benzene rings is 1. The third kappa shape index (κ3) is 5.50. The van der Waals surface area contributed by atoms with E-state index in [1.807, 2.05) is 0 Å². The fourth-order valence-corrected chi connectivity index (χ4v) is 3.70. The number of nitrogens with zero attached hydrogens (tertiary/aromatic N) is 1. The van der Waals surface area contributed by atoms with Crippen molar-refractivity contribution >= 4 is 11.8 Å². The van der Waals surface area contributed by atoms with Crippen molar-refractivity contribution in [3.63, 3.8) is 0 Å². The number of ether oxygens (including phenoxy) is 2. The molecule has 2 saturated heterocycles. The van der Waals surface area contributed by atoms with Crippen LogP contribution in [0.4, 0.5) is 4.39 Å². The number of rotatable bonds is 6. The molecule has 2 aliphatic heterocycles. The monoisotopic (exact) mass is 393 g/mol.